The number of allylic oxidation sites excluding steroid dienone is 2. The minimum atomic E-state index is -0.791. The SMILES string of the molecule is O=C1N=C2C(OC3CCCCCC3)=CC=CN2C1(Cc1ccccc1)Cc1ccccc1. The van der Waals surface area contributed by atoms with E-state index in [4.69, 9.17) is 4.74 Å². The van der Waals surface area contributed by atoms with Crippen LogP contribution in [0.15, 0.2) is 89.8 Å². The Morgan fingerprint density at radius 3 is 2.06 bits per heavy atom. The van der Waals surface area contributed by atoms with E-state index in [1.165, 1.54) is 25.7 Å². The molecule has 2 aromatic carbocycles. The van der Waals surface area contributed by atoms with Gasteiger partial charge in [0, 0.05) is 19.0 Å². The third-order valence-electron chi connectivity index (χ3n) is 6.77. The fraction of sp³-hybridized carbons (Fsp3) is 0.357. The number of aliphatic imine (C=N–C) groups is 1. The lowest BCUT2D eigenvalue weighted by atomic mass is 9.83. The van der Waals surface area contributed by atoms with E-state index >= 15 is 0 Å². The second-order valence-corrected chi connectivity index (χ2v) is 9.07. The molecule has 2 aromatic rings. The molecule has 1 amide bonds. The van der Waals surface area contributed by atoms with E-state index in [-0.39, 0.29) is 12.0 Å². The summed E-state index contributed by atoms with van der Waals surface area (Å²) in [7, 11) is 0. The van der Waals surface area contributed by atoms with Crippen molar-refractivity contribution in [3.8, 4) is 0 Å². The highest BCUT2D eigenvalue weighted by Gasteiger charge is 2.51. The third kappa shape index (κ3) is 4.14. The van der Waals surface area contributed by atoms with E-state index in [1.807, 2.05) is 54.8 Å². The van der Waals surface area contributed by atoms with Crippen LogP contribution in [0.3, 0.4) is 0 Å². The van der Waals surface area contributed by atoms with Gasteiger partial charge in [0.15, 0.2) is 11.6 Å². The summed E-state index contributed by atoms with van der Waals surface area (Å²) in [4.78, 5) is 20.3. The van der Waals surface area contributed by atoms with Crippen molar-refractivity contribution in [1.82, 2.24) is 4.90 Å². The minimum absolute atomic E-state index is 0.0953. The molecule has 1 fully saturated rings. The molecule has 0 unspecified atom stereocenters. The first-order valence-corrected chi connectivity index (χ1v) is 11.8. The Morgan fingerprint density at radius 1 is 0.875 bits per heavy atom. The lowest BCUT2D eigenvalue weighted by molar-refractivity contribution is -0.124. The van der Waals surface area contributed by atoms with Crippen molar-refractivity contribution in [2.75, 3.05) is 0 Å². The molecule has 4 heteroatoms. The molecule has 0 atom stereocenters. The van der Waals surface area contributed by atoms with E-state index in [2.05, 4.69) is 34.2 Å². The van der Waals surface area contributed by atoms with E-state index in [9.17, 15) is 4.79 Å². The molecule has 32 heavy (non-hydrogen) atoms. The molecule has 0 radical (unpaired) electrons. The summed E-state index contributed by atoms with van der Waals surface area (Å²) in [5.74, 6) is 1.30. The maximum atomic E-state index is 13.6. The van der Waals surface area contributed by atoms with Gasteiger partial charge in [0.05, 0.1) is 6.10 Å². The first kappa shape index (κ1) is 20.7. The first-order chi connectivity index (χ1) is 15.7. The van der Waals surface area contributed by atoms with Gasteiger partial charge in [0.2, 0.25) is 0 Å². The lowest BCUT2D eigenvalue weighted by Gasteiger charge is -2.38. The van der Waals surface area contributed by atoms with Crippen molar-refractivity contribution in [3.05, 3.63) is 95.9 Å². The standard InChI is InChI=1S/C28H30N2O2/c31-27-28(20-22-12-5-3-6-13-22,21-23-14-7-4-8-15-23)30-19-11-18-25(26(30)29-27)32-24-16-9-1-2-10-17-24/h3-8,11-15,18-19,24H,1-2,9-10,16-17,20-21H2. The number of amides is 1. The largest absolute Gasteiger partial charge is 0.487 e. The molecule has 0 saturated heterocycles. The molecule has 1 aliphatic carbocycles. The number of carbonyl (C=O) groups excluding carboxylic acids is 1. The van der Waals surface area contributed by atoms with Gasteiger partial charge in [-0.05, 0) is 49.0 Å². The number of benzene rings is 2. The van der Waals surface area contributed by atoms with Gasteiger partial charge in [0.25, 0.3) is 5.91 Å². The van der Waals surface area contributed by atoms with Crippen LogP contribution in [0.2, 0.25) is 0 Å². The van der Waals surface area contributed by atoms with Gasteiger partial charge in [-0.3, -0.25) is 4.79 Å². The Hall–Kier alpha value is -3.14. The topological polar surface area (TPSA) is 41.9 Å². The predicted molar refractivity (Wildman–Crippen MR) is 127 cm³/mol. The molecular formula is C28H30N2O2. The van der Waals surface area contributed by atoms with Gasteiger partial charge in [0.1, 0.15) is 5.54 Å². The number of ether oxygens (including phenoxy) is 1. The summed E-state index contributed by atoms with van der Waals surface area (Å²) in [6.07, 6.45) is 14.5. The zero-order valence-electron chi connectivity index (χ0n) is 18.5. The van der Waals surface area contributed by atoms with Crippen molar-refractivity contribution < 1.29 is 9.53 Å². The molecular weight excluding hydrogens is 396 g/mol. The Balaban J connectivity index is 1.46. The van der Waals surface area contributed by atoms with Crippen molar-refractivity contribution in [3.63, 3.8) is 0 Å². The summed E-state index contributed by atoms with van der Waals surface area (Å²) in [5.41, 5.74) is 1.46. The van der Waals surface area contributed by atoms with Crippen LogP contribution >= 0.6 is 0 Å². The van der Waals surface area contributed by atoms with Crippen LogP contribution in [0, 0.1) is 0 Å². The number of fused-ring (bicyclic) bond motifs is 1. The van der Waals surface area contributed by atoms with Gasteiger partial charge in [-0.2, -0.15) is 4.99 Å². The highest BCUT2D eigenvalue weighted by Crippen LogP contribution is 2.37. The van der Waals surface area contributed by atoms with Crippen LogP contribution in [0.1, 0.15) is 49.7 Å². The van der Waals surface area contributed by atoms with Crippen LogP contribution < -0.4 is 0 Å². The zero-order chi connectivity index (χ0) is 21.8. The molecule has 0 spiro atoms. The van der Waals surface area contributed by atoms with E-state index in [1.54, 1.807) is 0 Å². The normalized spacial score (nSPS) is 20.4. The highest BCUT2D eigenvalue weighted by molar-refractivity contribution is 6.14. The smallest absolute Gasteiger partial charge is 0.274 e. The second kappa shape index (κ2) is 9.15. The second-order valence-electron chi connectivity index (χ2n) is 9.07. The molecule has 4 nitrogen and oxygen atoms in total. The van der Waals surface area contributed by atoms with Gasteiger partial charge in [-0.25, -0.2) is 0 Å². The monoisotopic (exact) mass is 426 g/mol. The fourth-order valence-corrected chi connectivity index (χ4v) is 5.12. The quantitative estimate of drug-likeness (QED) is 0.565. The maximum absolute atomic E-state index is 13.6. The molecule has 3 aliphatic rings. The van der Waals surface area contributed by atoms with Crippen LogP contribution in [-0.2, 0) is 22.4 Å². The molecule has 0 bridgehead atoms. The summed E-state index contributed by atoms with van der Waals surface area (Å²) >= 11 is 0. The van der Waals surface area contributed by atoms with Crippen LogP contribution in [0.25, 0.3) is 0 Å². The average Bonchev–Trinajstić information content (AvgIpc) is 2.97. The Kier molecular flexibility index (Phi) is 5.93. The number of carbonyl (C=O) groups is 1. The van der Waals surface area contributed by atoms with Gasteiger partial charge >= 0.3 is 0 Å². The molecule has 164 valence electrons. The predicted octanol–water partition coefficient (Wildman–Crippen LogP) is 5.60. The summed E-state index contributed by atoms with van der Waals surface area (Å²) < 4.78 is 6.45. The summed E-state index contributed by atoms with van der Waals surface area (Å²) in [6, 6.07) is 20.5. The summed E-state index contributed by atoms with van der Waals surface area (Å²) in [6.45, 7) is 0. The van der Waals surface area contributed by atoms with Crippen LogP contribution in [0.4, 0.5) is 0 Å². The molecule has 0 aromatic heterocycles. The van der Waals surface area contributed by atoms with Crippen LogP contribution in [-0.4, -0.2) is 28.3 Å². The number of rotatable bonds is 6. The Labute approximate surface area is 190 Å². The first-order valence-electron chi connectivity index (χ1n) is 11.8. The molecule has 0 N–H and O–H groups in total. The number of nitrogens with zero attached hydrogens (tertiary/aromatic N) is 2. The molecule has 5 rings (SSSR count). The molecule has 1 saturated carbocycles. The fourth-order valence-electron chi connectivity index (χ4n) is 5.12. The highest BCUT2D eigenvalue weighted by atomic mass is 16.5. The van der Waals surface area contributed by atoms with Crippen molar-refractivity contribution in [2.24, 2.45) is 4.99 Å². The molecule has 2 aliphatic heterocycles. The average molecular weight is 427 g/mol. The van der Waals surface area contributed by atoms with Gasteiger partial charge in [-0.15, -0.1) is 0 Å². The van der Waals surface area contributed by atoms with Crippen molar-refractivity contribution >= 4 is 11.7 Å². The van der Waals surface area contributed by atoms with Crippen LogP contribution in [0.5, 0.6) is 0 Å². The minimum Gasteiger partial charge on any atom is -0.487 e. The van der Waals surface area contributed by atoms with E-state index in [0.717, 1.165) is 29.7 Å². The Morgan fingerprint density at radius 2 is 1.47 bits per heavy atom. The molecule has 2 heterocycles. The number of amidine groups is 1. The van der Waals surface area contributed by atoms with Gasteiger partial charge < -0.3 is 9.64 Å². The zero-order valence-corrected chi connectivity index (χ0v) is 18.5. The third-order valence-corrected chi connectivity index (χ3v) is 6.77. The number of hydrogen-bond acceptors (Lipinski definition) is 3. The van der Waals surface area contributed by atoms with E-state index in [0.29, 0.717) is 18.7 Å². The lowest BCUT2D eigenvalue weighted by Crippen LogP contribution is -2.53. The van der Waals surface area contributed by atoms with E-state index < -0.39 is 5.54 Å². The Bertz CT molecular complexity index is 990. The number of hydrogen-bond donors (Lipinski definition) is 0. The maximum Gasteiger partial charge on any atom is 0.274 e. The van der Waals surface area contributed by atoms with Crippen molar-refractivity contribution in [2.45, 2.75) is 63.0 Å². The summed E-state index contributed by atoms with van der Waals surface area (Å²) in [5, 5.41) is 0. The van der Waals surface area contributed by atoms with Crippen molar-refractivity contribution in [1.29, 1.82) is 0 Å². The van der Waals surface area contributed by atoms with Gasteiger partial charge in [-0.1, -0.05) is 73.5 Å².